The SMILES string of the molecule is Cc1cccc2c(CC(=O)N3CCCC(CN4CCOCC4)C3)c[nH]c12. The molecule has 1 N–H and O–H groups in total. The molecule has 5 heteroatoms. The minimum atomic E-state index is 0.263. The van der Waals surface area contributed by atoms with Gasteiger partial charge in [0.05, 0.1) is 19.6 Å². The number of amides is 1. The van der Waals surface area contributed by atoms with Crippen molar-refractivity contribution in [3.63, 3.8) is 0 Å². The fourth-order valence-electron chi connectivity index (χ4n) is 4.37. The molecular formula is C21H29N3O2. The molecule has 5 nitrogen and oxygen atoms in total. The number of aromatic amines is 1. The number of fused-ring (bicyclic) bond motifs is 1. The highest BCUT2D eigenvalue weighted by Crippen LogP contribution is 2.24. The number of benzene rings is 1. The van der Waals surface area contributed by atoms with E-state index in [4.69, 9.17) is 4.74 Å². The second kappa shape index (κ2) is 7.80. The van der Waals surface area contributed by atoms with Gasteiger partial charge in [0.15, 0.2) is 0 Å². The van der Waals surface area contributed by atoms with Crippen LogP contribution in [0.5, 0.6) is 0 Å². The van der Waals surface area contributed by atoms with Crippen LogP contribution >= 0.6 is 0 Å². The zero-order valence-corrected chi connectivity index (χ0v) is 15.7. The van der Waals surface area contributed by atoms with Crippen LogP contribution < -0.4 is 0 Å². The summed E-state index contributed by atoms with van der Waals surface area (Å²) in [6, 6.07) is 6.28. The molecule has 140 valence electrons. The number of nitrogens with zero attached hydrogens (tertiary/aromatic N) is 2. The lowest BCUT2D eigenvalue weighted by atomic mass is 9.96. The van der Waals surface area contributed by atoms with Crippen molar-refractivity contribution in [2.45, 2.75) is 26.2 Å². The molecule has 2 saturated heterocycles. The third kappa shape index (κ3) is 3.79. The maximum absolute atomic E-state index is 12.9. The summed E-state index contributed by atoms with van der Waals surface area (Å²) in [5.41, 5.74) is 3.49. The molecule has 2 fully saturated rings. The Hall–Kier alpha value is -1.85. The summed E-state index contributed by atoms with van der Waals surface area (Å²) in [5, 5.41) is 1.18. The Bertz CT molecular complexity index is 764. The molecule has 0 saturated carbocycles. The van der Waals surface area contributed by atoms with Gasteiger partial charge in [-0.2, -0.15) is 0 Å². The second-order valence-electron chi connectivity index (χ2n) is 7.75. The van der Waals surface area contributed by atoms with E-state index in [0.717, 1.165) is 63.4 Å². The van der Waals surface area contributed by atoms with Gasteiger partial charge in [0.2, 0.25) is 5.91 Å². The molecule has 0 bridgehead atoms. The molecule has 0 aliphatic carbocycles. The Labute approximate surface area is 155 Å². The van der Waals surface area contributed by atoms with Crippen LogP contribution in [-0.4, -0.2) is 66.6 Å². The Morgan fingerprint density at radius 3 is 2.96 bits per heavy atom. The largest absolute Gasteiger partial charge is 0.379 e. The van der Waals surface area contributed by atoms with Crippen LogP contribution in [0.25, 0.3) is 10.9 Å². The average Bonchev–Trinajstić information content (AvgIpc) is 3.07. The Balaban J connectivity index is 1.38. The number of nitrogens with one attached hydrogen (secondary N) is 1. The van der Waals surface area contributed by atoms with Gasteiger partial charge >= 0.3 is 0 Å². The van der Waals surface area contributed by atoms with Crippen molar-refractivity contribution in [3.8, 4) is 0 Å². The molecule has 4 rings (SSSR count). The quantitative estimate of drug-likeness (QED) is 0.917. The van der Waals surface area contributed by atoms with Crippen molar-refractivity contribution in [2.24, 2.45) is 5.92 Å². The Kier molecular flexibility index (Phi) is 5.27. The number of para-hydroxylation sites is 1. The molecule has 1 aromatic heterocycles. The number of piperidine rings is 1. The molecule has 2 aliphatic heterocycles. The van der Waals surface area contributed by atoms with Crippen molar-refractivity contribution in [3.05, 3.63) is 35.5 Å². The van der Waals surface area contributed by atoms with Crippen molar-refractivity contribution in [1.29, 1.82) is 0 Å². The molecule has 2 aromatic rings. The topological polar surface area (TPSA) is 48.6 Å². The number of rotatable bonds is 4. The summed E-state index contributed by atoms with van der Waals surface area (Å²) in [5.74, 6) is 0.857. The molecule has 26 heavy (non-hydrogen) atoms. The first-order valence-corrected chi connectivity index (χ1v) is 9.84. The van der Waals surface area contributed by atoms with E-state index < -0.39 is 0 Å². The van der Waals surface area contributed by atoms with Crippen molar-refractivity contribution < 1.29 is 9.53 Å². The summed E-state index contributed by atoms with van der Waals surface area (Å²) in [7, 11) is 0. The first kappa shape index (κ1) is 17.6. The fourth-order valence-corrected chi connectivity index (χ4v) is 4.37. The predicted molar refractivity (Wildman–Crippen MR) is 103 cm³/mol. The minimum absolute atomic E-state index is 0.263. The van der Waals surface area contributed by atoms with E-state index in [2.05, 4.69) is 39.9 Å². The van der Waals surface area contributed by atoms with Gasteiger partial charge in [0, 0.05) is 49.8 Å². The highest BCUT2D eigenvalue weighted by Gasteiger charge is 2.26. The third-order valence-electron chi connectivity index (χ3n) is 5.84. The smallest absolute Gasteiger partial charge is 0.227 e. The summed E-state index contributed by atoms with van der Waals surface area (Å²) < 4.78 is 5.44. The van der Waals surface area contributed by atoms with E-state index in [1.807, 2.05) is 6.20 Å². The van der Waals surface area contributed by atoms with Crippen LogP contribution in [-0.2, 0) is 16.0 Å². The van der Waals surface area contributed by atoms with Crippen LogP contribution in [0.2, 0.25) is 0 Å². The van der Waals surface area contributed by atoms with Crippen molar-refractivity contribution in [1.82, 2.24) is 14.8 Å². The highest BCUT2D eigenvalue weighted by molar-refractivity contribution is 5.90. The summed E-state index contributed by atoms with van der Waals surface area (Å²) in [6.45, 7) is 8.74. The van der Waals surface area contributed by atoms with Gasteiger partial charge in [-0.3, -0.25) is 9.69 Å². The fraction of sp³-hybridized carbons (Fsp3) is 0.571. The van der Waals surface area contributed by atoms with Crippen LogP contribution in [0.3, 0.4) is 0 Å². The number of aromatic nitrogens is 1. The van der Waals surface area contributed by atoms with Crippen molar-refractivity contribution in [2.75, 3.05) is 45.9 Å². The monoisotopic (exact) mass is 355 g/mol. The number of carbonyl (C=O) groups is 1. The zero-order chi connectivity index (χ0) is 17.9. The van der Waals surface area contributed by atoms with Gasteiger partial charge in [0.1, 0.15) is 0 Å². The second-order valence-corrected chi connectivity index (χ2v) is 7.75. The van der Waals surface area contributed by atoms with Gasteiger partial charge in [-0.25, -0.2) is 0 Å². The molecule has 1 atom stereocenters. The summed E-state index contributed by atoms with van der Waals surface area (Å²) in [4.78, 5) is 20.8. The molecule has 0 radical (unpaired) electrons. The van der Waals surface area contributed by atoms with Crippen LogP contribution in [0.4, 0.5) is 0 Å². The number of carbonyl (C=O) groups excluding carboxylic acids is 1. The van der Waals surface area contributed by atoms with Gasteiger partial charge in [-0.05, 0) is 36.8 Å². The van der Waals surface area contributed by atoms with E-state index in [1.54, 1.807) is 0 Å². The minimum Gasteiger partial charge on any atom is -0.379 e. The molecule has 2 aliphatic rings. The maximum Gasteiger partial charge on any atom is 0.227 e. The lowest BCUT2D eigenvalue weighted by molar-refractivity contribution is -0.132. The molecular weight excluding hydrogens is 326 g/mol. The van der Waals surface area contributed by atoms with Gasteiger partial charge in [0.25, 0.3) is 0 Å². The van der Waals surface area contributed by atoms with E-state index in [1.165, 1.54) is 17.4 Å². The van der Waals surface area contributed by atoms with E-state index in [-0.39, 0.29) is 5.91 Å². The average molecular weight is 355 g/mol. The number of aryl methyl sites for hydroxylation is 1. The Morgan fingerprint density at radius 2 is 2.12 bits per heavy atom. The van der Waals surface area contributed by atoms with Crippen LogP contribution in [0.15, 0.2) is 24.4 Å². The number of H-pyrrole nitrogens is 1. The predicted octanol–water partition coefficient (Wildman–Crippen LogP) is 2.59. The first-order chi connectivity index (χ1) is 12.7. The van der Waals surface area contributed by atoms with Gasteiger partial charge in [-0.15, -0.1) is 0 Å². The van der Waals surface area contributed by atoms with Crippen LogP contribution in [0, 0.1) is 12.8 Å². The molecule has 0 spiro atoms. The van der Waals surface area contributed by atoms with E-state index in [9.17, 15) is 4.79 Å². The van der Waals surface area contributed by atoms with Gasteiger partial charge < -0.3 is 14.6 Å². The standard InChI is InChI=1S/C21H29N3O2/c1-16-4-2-6-19-18(13-22-21(16)19)12-20(25)24-7-3-5-17(15-24)14-23-8-10-26-11-9-23/h2,4,6,13,17,22H,3,5,7-12,14-15H2,1H3. The summed E-state index contributed by atoms with van der Waals surface area (Å²) >= 11 is 0. The summed E-state index contributed by atoms with van der Waals surface area (Å²) in [6.07, 6.45) is 4.85. The van der Waals surface area contributed by atoms with Crippen molar-refractivity contribution >= 4 is 16.8 Å². The molecule has 1 aromatic carbocycles. The molecule has 1 unspecified atom stereocenters. The first-order valence-electron chi connectivity index (χ1n) is 9.84. The molecule has 3 heterocycles. The lowest BCUT2D eigenvalue weighted by Gasteiger charge is -2.36. The Morgan fingerprint density at radius 1 is 1.27 bits per heavy atom. The number of ether oxygens (including phenoxy) is 1. The zero-order valence-electron chi connectivity index (χ0n) is 15.7. The third-order valence-corrected chi connectivity index (χ3v) is 5.84. The highest BCUT2D eigenvalue weighted by atomic mass is 16.5. The maximum atomic E-state index is 12.9. The normalized spacial score (nSPS) is 22.0. The van der Waals surface area contributed by atoms with E-state index in [0.29, 0.717) is 12.3 Å². The number of morpholine rings is 1. The number of likely N-dealkylation sites (tertiary alicyclic amines) is 1. The lowest BCUT2D eigenvalue weighted by Crippen LogP contribution is -2.46. The molecule has 1 amide bonds. The van der Waals surface area contributed by atoms with Crippen LogP contribution in [0.1, 0.15) is 24.0 Å². The number of hydrogen-bond acceptors (Lipinski definition) is 3. The number of hydrogen-bond donors (Lipinski definition) is 1. The van der Waals surface area contributed by atoms with Gasteiger partial charge in [-0.1, -0.05) is 18.2 Å². The van der Waals surface area contributed by atoms with E-state index >= 15 is 0 Å².